The van der Waals surface area contributed by atoms with Crippen LogP contribution in [0.25, 0.3) is 0 Å². The molecule has 0 radical (unpaired) electrons. The van der Waals surface area contributed by atoms with Gasteiger partial charge in [0.25, 0.3) is 0 Å². The molecule has 2 aromatic rings. The van der Waals surface area contributed by atoms with Gasteiger partial charge in [-0.15, -0.1) is 0 Å². The standard InChI is InChI=1S/C22H15ClN4O2/c1-14-21(13-26)19(27)29-22(14,16-7-3-2-4-8-16)28-18(20(21,11-24)12-25)15-6-5-9-17(23)10-15/h2-10,14,18,27H,1H3. The molecule has 0 spiro atoms. The summed E-state index contributed by atoms with van der Waals surface area (Å²) >= 11 is 6.15. The van der Waals surface area contributed by atoms with Gasteiger partial charge in [-0.3, -0.25) is 5.41 Å². The van der Waals surface area contributed by atoms with Gasteiger partial charge in [-0.1, -0.05) is 61.0 Å². The van der Waals surface area contributed by atoms with Crippen molar-refractivity contribution in [2.45, 2.75) is 18.8 Å². The number of fused-ring (bicyclic) bond motifs is 2. The zero-order valence-corrected chi connectivity index (χ0v) is 16.1. The molecule has 0 aromatic heterocycles. The van der Waals surface area contributed by atoms with Crippen LogP contribution in [0.5, 0.6) is 0 Å². The Hall–Kier alpha value is -3.37. The van der Waals surface area contributed by atoms with Crippen LogP contribution < -0.4 is 0 Å². The molecule has 2 aliphatic rings. The first-order chi connectivity index (χ1) is 13.9. The van der Waals surface area contributed by atoms with E-state index in [1.807, 2.05) is 18.2 Å². The summed E-state index contributed by atoms with van der Waals surface area (Å²) in [6.45, 7) is 1.68. The summed E-state index contributed by atoms with van der Waals surface area (Å²) in [7, 11) is 0. The molecule has 4 atom stereocenters. The number of ether oxygens (including phenoxy) is 2. The van der Waals surface area contributed by atoms with Crippen molar-refractivity contribution in [2.24, 2.45) is 16.7 Å². The molecule has 4 rings (SSSR count). The second kappa shape index (κ2) is 6.33. The van der Waals surface area contributed by atoms with Crippen LogP contribution >= 0.6 is 11.6 Å². The van der Waals surface area contributed by atoms with E-state index in [4.69, 9.17) is 26.5 Å². The van der Waals surface area contributed by atoms with E-state index in [2.05, 4.69) is 6.07 Å². The minimum Gasteiger partial charge on any atom is -0.443 e. The van der Waals surface area contributed by atoms with Crippen LogP contribution in [-0.4, -0.2) is 5.90 Å². The fourth-order valence-corrected chi connectivity index (χ4v) is 4.71. The van der Waals surface area contributed by atoms with E-state index in [0.29, 0.717) is 16.1 Å². The van der Waals surface area contributed by atoms with E-state index in [0.717, 1.165) is 0 Å². The molecule has 2 saturated heterocycles. The number of rotatable bonds is 2. The molecule has 29 heavy (non-hydrogen) atoms. The van der Waals surface area contributed by atoms with Crippen LogP contribution in [0.15, 0.2) is 54.6 Å². The van der Waals surface area contributed by atoms with Crippen molar-refractivity contribution in [3.05, 3.63) is 70.7 Å². The van der Waals surface area contributed by atoms with Crippen LogP contribution in [0.2, 0.25) is 5.02 Å². The van der Waals surface area contributed by atoms with Gasteiger partial charge in [0.15, 0.2) is 5.41 Å². The van der Waals surface area contributed by atoms with E-state index in [1.54, 1.807) is 55.5 Å². The molecule has 2 aromatic carbocycles. The highest BCUT2D eigenvalue weighted by Gasteiger charge is 2.79. The maximum atomic E-state index is 10.2. The fourth-order valence-electron chi connectivity index (χ4n) is 4.51. The van der Waals surface area contributed by atoms with Crippen molar-refractivity contribution in [1.82, 2.24) is 0 Å². The van der Waals surface area contributed by atoms with E-state index in [1.165, 1.54) is 0 Å². The lowest BCUT2D eigenvalue weighted by atomic mass is 9.53. The maximum absolute atomic E-state index is 10.2. The molecule has 0 amide bonds. The lowest BCUT2D eigenvalue weighted by Crippen LogP contribution is -2.57. The Morgan fingerprint density at radius 1 is 1.00 bits per heavy atom. The molecule has 142 valence electrons. The monoisotopic (exact) mass is 402 g/mol. The van der Waals surface area contributed by atoms with Crippen molar-refractivity contribution >= 4 is 17.5 Å². The highest BCUT2D eigenvalue weighted by atomic mass is 35.5. The smallest absolute Gasteiger partial charge is 0.244 e. The Balaban J connectivity index is 2.06. The van der Waals surface area contributed by atoms with E-state index >= 15 is 0 Å². The number of benzene rings is 2. The fraction of sp³-hybridized carbons (Fsp3) is 0.273. The predicted molar refractivity (Wildman–Crippen MR) is 103 cm³/mol. The first kappa shape index (κ1) is 19.0. The number of nitrogens with zero attached hydrogens (tertiary/aromatic N) is 3. The minimum absolute atomic E-state index is 0.401. The predicted octanol–water partition coefficient (Wildman–Crippen LogP) is 4.45. The van der Waals surface area contributed by atoms with Crippen LogP contribution in [0, 0.1) is 56.2 Å². The van der Waals surface area contributed by atoms with Crippen molar-refractivity contribution in [1.29, 1.82) is 21.2 Å². The van der Waals surface area contributed by atoms with Crippen LogP contribution in [0.4, 0.5) is 0 Å². The van der Waals surface area contributed by atoms with Gasteiger partial charge >= 0.3 is 0 Å². The zero-order chi connectivity index (χ0) is 20.9. The third kappa shape index (κ3) is 2.15. The lowest BCUT2D eigenvalue weighted by Gasteiger charge is -2.48. The average molecular weight is 403 g/mol. The number of nitrogens with one attached hydrogen (secondary N) is 1. The lowest BCUT2D eigenvalue weighted by molar-refractivity contribution is -0.288. The van der Waals surface area contributed by atoms with E-state index in [9.17, 15) is 15.8 Å². The molecule has 2 aliphatic heterocycles. The Morgan fingerprint density at radius 3 is 2.28 bits per heavy atom. The van der Waals surface area contributed by atoms with Crippen molar-refractivity contribution < 1.29 is 9.47 Å². The minimum atomic E-state index is -2.00. The van der Waals surface area contributed by atoms with Gasteiger partial charge in [0.05, 0.1) is 24.1 Å². The Bertz CT molecular complexity index is 1120. The second-order valence-corrected chi connectivity index (χ2v) is 7.63. The molecule has 0 aliphatic carbocycles. The van der Waals surface area contributed by atoms with Crippen LogP contribution in [0.1, 0.15) is 24.2 Å². The maximum Gasteiger partial charge on any atom is 0.244 e. The molecule has 0 saturated carbocycles. The number of hydrogen-bond acceptors (Lipinski definition) is 6. The topological polar surface area (TPSA) is 114 Å². The van der Waals surface area contributed by atoms with Gasteiger partial charge < -0.3 is 9.47 Å². The zero-order valence-electron chi connectivity index (χ0n) is 15.4. The third-order valence-corrected chi connectivity index (χ3v) is 6.23. The Morgan fingerprint density at radius 2 is 1.69 bits per heavy atom. The molecule has 7 heteroatoms. The first-order valence-electron chi connectivity index (χ1n) is 8.92. The first-order valence-corrected chi connectivity index (χ1v) is 9.30. The Labute approximate surface area is 173 Å². The van der Waals surface area contributed by atoms with Crippen LogP contribution in [-0.2, 0) is 15.3 Å². The summed E-state index contributed by atoms with van der Waals surface area (Å²) in [6.07, 6.45) is -1.16. The SMILES string of the molecule is CC1C2(c3ccccc3)OC(=N)C1(C#N)C(C#N)(C#N)C(c1cccc(Cl)c1)O2. The summed E-state index contributed by atoms with van der Waals surface area (Å²) < 4.78 is 12.3. The molecular weight excluding hydrogens is 388 g/mol. The third-order valence-electron chi connectivity index (χ3n) is 6.00. The molecule has 2 heterocycles. The van der Waals surface area contributed by atoms with E-state index < -0.39 is 34.5 Å². The molecule has 1 N–H and O–H groups in total. The highest BCUT2D eigenvalue weighted by molar-refractivity contribution is 6.30. The molecular formula is C22H15ClN4O2. The largest absolute Gasteiger partial charge is 0.443 e. The second-order valence-electron chi connectivity index (χ2n) is 7.19. The number of nitriles is 3. The van der Waals surface area contributed by atoms with Gasteiger partial charge in [-0.05, 0) is 17.7 Å². The summed E-state index contributed by atoms with van der Waals surface area (Å²) in [6, 6.07) is 21.7. The van der Waals surface area contributed by atoms with Gasteiger partial charge in [-0.2, -0.15) is 15.8 Å². The normalized spacial score (nSPS) is 31.8. The molecule has 2 bridgehead atoms. The van der Waals surface area contributed by atoms with Crippen molar-refractivity contribution in [3.63, 3.8) is 0 Å². The molecule has 4 unspecified atom stereocenters. The summed E-state index contributed by atoms with van der Waals surface area (Å²) in [4.78, 5) is 0. The quantitative estimate of drug-likeness (QED) is 0.796. The Kier molecular flexibility index (Phi) is 4.14. The van der Waals surface area contributed by atoms with E-state index in [-0.39, 0.29) is 0 Å². The summed E-state index contributed by atoms with van der Waals surface area (Å²) in [5.74, 6) is -2.72. The van der Waals surface area contributed by atoms with Gasteiger partial charge in [0.1, 0.15) is 6.10 Å². The molecule has 6 nitrogen and oxygen atoms in total. The summed E-state index contributed by atoms with van der Waals surface area (Å²) in [5.41, 5.74) is -2.76. The average Bonchev–Trinajstić information content (AvgIpc) is 2.90. The molecule has 2 fully saturated rings. The summed E-state index contributed by atoms with van der Waals surface area (Å²) in [5, 5.41) is 39.5. The van der Waals surface area contributed by atoms with Gasteiger partial charge in [0.2, 0.25) is 17.1 Å². The number of halogens is 1. The van der Waals surface area contributed by atoms with Crippen molar-refractivity contribution in [3.8, 4) is 18.2 Å². The highest BCUT2D eigenvalue weighted by Crippen LogP contribution is 2.68. The van der Waals surface area contributed by atoms with Gasteiger partial charge in [0, 0.05) is 10.6 Å². The van der Waals surface area contributed by atoms with Crippen LogP contribution in [0.3, 0.4) is 0 Å². The number of hydrogen-bond donors (Lipinski definition) is 1. The van der Waals surface area contributed by atoms with Crippen molar-refractivity contribution in [2.75, 3.05) is 0 Å². The van der Waals surface area contributed by atoms with Gasteiger partial charge in [-0.25, -0.2) is 0 Å².